The molecular weight excluding hydrogens is 191 g/mol. The van der Waals surface area contributed by atoms with E-state index in [-0.39, 0.29) is 5.82 Å². The number of halogens is 2. The first-order chi connectivity index (χ1) is 6.25. The van der Waals surface area contributed by atoms with Crippen LogP contribution in [0.25, 0.3) is 0 Å². The Bertz CT molecular complexity index is 312. The number of nitrogens with one attached hydrogen (secondary N) is 2. The van der Waals surface area contributed by atoms with Crippen molar-refractivity contribution in [1.82, 2.24) is 5.32 Å². The zero-order valence-corrected chi connectivity index (χ0v) is 7.74. The largest absolute Gasteiger partial charge is 0.377 e. The molecule has 1 aliphatic heterocycles. The Kier molecular flexibility index (Phi) is 2.38. The van der Waals surface area contributed by atoms with Crippen LogP contribution in [0.5, 0.6) is 0 Å². The van der Waals surface area contributed by atoms with Gasteiger partial charge in [-0.25, -0.2) is 4.39 Å². The third kappa shape index (κ3) is 1.92. The lowest BCUT2D eigenvalue weighted by Gasteiger charge is -2.29. The van der Waals surface area contributed by atoms with E-state index >= 15 is 0 Å². The van der Waals surface area contributed by atoms with Gasteiger partial charge in [0.2, 0.25) is 0 Å². The Morgan fingerprint density at radius 1 is 1.46 bits per heavy atom. The van der Waals surface area contributed by atoms with Crippen LogP contribution < -0.4 is 10.6 Å². The Morgan fingerprint density at radius 3 is 2.85 bits per heavy atom. The molecule has 13 heavy (non-hydrogen) atoms. The summed E-state index contributed by atoms with van der Waals surface area (Å²) in [6.07, 6.45) is 0. The maximum Gasteiger partial charge on any atom is 0.146 e. The van der Waals surface area contributed by atoms with Crippen molar-refractivity contribution >= 4 is 17.3 Å². The Labute approximate surface area is 81.1 Å². The van der Waals surface area contributed by atoms with Crippen LogP contribution in [-0.4, -0.2) is 19.1 Å². The van der Waals surface area contributed by atoms with Gasteiger partial charge < -0.3 is 10.6 Å². The van der Waals surface area contributed by atoms with E-state index in [1.165, 1.54) is 6.07 Å². The predicted octanol–water partition coefficient (Wildman–Crippen LogP) is 1.86. The van der Waals surface area contributed by atoms with Gasteiger partial charge in [0.05, 0.1) is 11.7 Å². The highest BCUT2D eigenvalue weighted by Crippen LogP contribution is 2.20. The molecule has 1 fully saturated rings. The van der Waals surface area contributed by atoms with Crippen molar-refractivity contribution in [3.05, 3.63) is 29.0 Å². The highest BCUT2D eigenvalue weighted by molar-refractivity contribution is 6.30. The lowest BCUT2D eigenvalue weighted by Crippen LogP contribution is -2.51. The zero-order valence-electron chi connectivity index (χ0n) is 6.98. The van der Waals surface area contributed by atoms with E-state index in [1.807, 2.05) is 0 Å². The second-order valence-corrected chi connectivity index (χ2v) is 3.56. The topological polar surface area (TPSA) is 24.1 Å². The smallest absolute Gasteiger partial charge is 0.146 e. The fourth-order valence-corrected chi connectivity index (χ4v) is 1.39. The number of benzene rings is 1. The van der Waals surface area contributed by atoms with E-state index in [2.05, 4.69) is 10.6 Å². The molecule has 1 aliphatic rings. The molecule has 1 heterocycles. The first kappa shape index (κ1) is 8.78. The average Bonchev–Trinajstić information content (AvgIpc) is 2.03. The minimum atomic E-state index is -0.253. The lowest BCUT2D eigenvalue weighted by molar-refractivity contribution is 0.469. The molecule has 70 valence electrons. The predicted molar refractivity (Wildman–Crippen MR) is 51.7 cm³/mol. The van der Waals surface area contributed by atoms with Crippen LogP contribution in [0.15, 0.2) is 18.2 Å². The SMILES string of the molecule is Fc1ccc(Cl)cc1NC1CNC1. The molecule has 1 aromatic carbocycles. The Morgan fingerprint density at radius 2 is 2.23 bits per heavy atom. The molecule has 0 atom stereocenters. The first-order valence-corrected chi connectivity index (χ1v) is 4.56. The van der Waals surface area contributed by atoms with E-state index < -0.39 is 0 Å². The highest BCUT2D eigenvalue weighted by Gasteiger charge is 2.17. The summed E-state index contributed by atoms with van der Waals surface area (Å²) in [5.74, 6) is -0.253. The number of hydrogen-bond acceptors (Lipinski definition) is 2. The number of rotatable bonds is 2. The molecule has 2 N–H and O–H groups in total. The van der Waals surface area contributed by atoms with E-state index in [9.17, 15) is 4.39 Å². The molecule has 2 rings (SSSR count). The van der Waals surface area contributed by atoms with Gasteiger partial charge in [-0.3, -0.25) is 0 Å². The van der Waals surface area contributed by atoms with E-state index in [0.29, 0.717) is 16.8 Å². The summed E-state index contributed by atoms with van der Waals surface area (Å²) in [6.45, 7) is 1.76. The molecular formula is C9H10ClFN2. The molecule has 0 bridgehead atoms. The fourth-order valence-electron chi connectivity index (χ4n) is 1.22. The molecule has 4 heteroatoms. The average molecular weight is 201 g/mol. The molecule has 0 radical (unpaired) electrons. The van der Waals surface area contributed by atoms with Crippen LogP contribution in [0.1, 0.15) is 0 Å². The van der Waals surface area contributed by atoms with Crippen molar-refractivity contribution in [3.8, 4) is 0 Å². The van der Waals surface area contributed by atoms with Crippen LogP contribution in [0, 0.1) is 5.82 Å². The van der Waals surface area contributed by atoms with Crippen molar-refractivity contribution in [2.24, 2.45) is 0 Å². The van der Waals surface area contributed by atoms with Crippen molar-refractivity contribution < 1.29 is 4.39 Å². The van der Waals surface area contributed by atoms with E-state index in [4.69, 9.17) is 11.6 Å². The van der Waals surface area contributed by atoms with Gasteiger partial charge in [-0.1, -0.05) is 11.6 Å². The molecule has 1 aromatic rings. The van der Waals surface area contributed by atoms with Crippen LogP contribution in [-0.2, 0) is 0 Å². The van der Waals surface area contributed by atoms with E-state index in [0.717, 1.165) is 13.1 Å². The maximum absolute atomic E-state index is 13.1. The fraction of sp³-hybridized carbons (Fsp3) is 0.333. The number of anilines is 1. The van der Waals surface area contributed by atoms with Gasteiger partial charge in [-0.05, 0) is 18.2 Å². The third-order valence-corrected chi connectivity index (χ3v) is 2.30. The van der Waals surface area contributed by atoms with Gasteiger partial charge in [0.15, 0.2) is 0 Å². The molecule has 1 saturated heterocycles. The third-order valence-electron chi connectivity index (χ3n) is 2.07. The van der Waals surface area contributed by atoms with E-state index in [1.54, 1.807) is 12.1 Å². The standard InChI is InChI=1S/C9H10ClFN2/c10-6-1-2-8(11)9(3-6)13-7-4-12-5-7/h1-3,7,12-13H,4-5H2. The highest BCUT2D eigenvalue weighted by atomic mass is 35.5. The molecule has 0 aromatic heterocycles. The van der Waals surface area contributed by atoms with Crippen LogP contribution in [0.4, 0.5) is 10.1 Å². The van der Waals surface area contributed by atoms with Crippen LogP contribution in [0.3, 0.4) is 0 Å². The summed E-state index contributed by atoms with van der Waals surface area (Å²) >= 11 is 5.74. The van der Waals surface area contributed by atoms with Crippen molar-refractivity contribution in [2.45, 2.75) is 6.04 Å². The van der Waals surface area contributed by atoms with Crippen molar-refractivity contribution in [2.75, 3.05) is 18.4 Å². The second kappa shape index (κ2) is 3.52. The Balaban J connectivity index is 2.13. The lowest BCUT2D eigenvalue weighted by atomic mass is 10.1. The van der Waals surface area contributed by atoms with Crippen molar-refractivity contribution in [3.63, 3.8) is 0 Å². The van der Waals surface area contributed by atoms with Gasteiger partial charge in [-0.2, -0.15) is 0 Å². The van der Waals surface area contributed by atoms with Crippen molar-refractivity contribution in [1.29, 1.82) is 0 Å². The minimum absolute atomic E-state index is 0.253. The molecule has 0 amide bonds. The molecule has 0 saturated carbocycles. The zero-order chi connectivity index (χ0) is 9.26. The minimum Gasteiger partial charge on any atom is -0.377 e. The summed E-state index contributed by atoms with van der Waals surface area (Å²) in [5, 5.41) is 6.72. The summed E-state index contributed by atoms with van der Waals surface area (Å²) in [6, 6.07) is 4.85. The quantitative estimate of drug-likeness (QED) is 0.762. The van der Waals surface area contributed by atoms with Gasteiger partial charge in [0.1, 0.15) is 5.82 Å². The van der Waals surface area contributed by atoms with Crippen LogP contribution in [0.2, 0.25) is 5.02 Å². The van der Waals surface area contributed by atoms with Gasteiger partial charge in [0, 0.05) is 18.1 Å². The summed E-state index contributed by atoms with van der Waals surface area (Å²) in [5.41, 5.74) is 0.485. The van der Waals surface area contributed by atoms with Gasteiger partial charge in [0.25, 0.3) is 0 Å². The summed E-state index contributed by atoms with van der Waals surface area (Å²) < 4.78 is 13.1. The second-order valence-electron chi connectivity index (χ2n) is 3.12. The van der Waals surface area contributed by atoms with Gasteiger partial charge >= 0.3 is 0 Å². The van der Waals surface area contributed by atoms with Gasteiger partial charge in [-0.15, -0.1) is 0 Å². The Hall–Kier alpha value is -0.800. The molecule has 2 nitrogen and oxygen atoms in total. The molecule has 0 unspecified atom stereocenters. The normalized spacial score (nSPS) is 16.8. The number of hydrogen-bond donors (Lipinski definition) is 2. The summed E-state index contributed by atoms with van der Waals surface area (Å²) in [4.78, 5) is 0. The maximum atomic E-state index is 13.1. The summed E-state index contributed by atoms with van der Waals surface area (Å²) in [7, 11) is 0. The molecule has 0 spiro atoms. The first-order valence-electron chi connectivity index (χ1n) is 4.18. The monoisotopic (exact) mass is 200 g/mol. The van der Waals surface area contributed by atoms with Crippen LogP contribution >= 0.6 is 11.6 Å². The molecule has 0 aliphatic carbocycles.